The lowest BCUT2D eigenvalue weighted by Gasteiger charge is -2.34. The summed E-state index contributed by atoms with van der Waals surface area (Å²) < 4.78 is 11.6. The van der Waals surface area contributed by atoms with Crippen LogP contribution >= 0.6 is 7.60 Å². The molecule has 0 aromatic heterocycles. The van der Waals surface area contributed by atoms with E-state index in [0.29, 0.717) is 5.69 Å². The summed E-state index contributed by atoms with van der Waals surface area (Å²) in [6.07, 6.45) is 0.148. The van der Waals surface area contributed by atoms with Gasteiger partial charge in [0, 0.05) is 37.6 Å². The second-order valence-electron chi connectivity index (χ2n) is 7.06. The molecular weight excluding hydrogens is 341 g/mol. The van der Waals surface area contributed by atoms with Gasteiger partial charge in [-0.25, -0.2) is 0 Å². The third-order valence-electron chi connectivity index (χ3n) is 4.41. The quantitative estimate of drug-likeness (QED) is 0.664. The van der Waals surface area contributed by atoms with Crippen molar-refractivity contribution in [1.82, 2.24) is 4.90 Å². The Balaban J connectivity index is 2.02. The van der Waals surface area contributed by atoms with E-state index < -0.39 is 19.2 Å². The molecule has 1 amide bonds. The first-order chi connectivity index (χ1) is 11.7. The number of hydrogen-bond acceptors (Lipinski definition) is 4. The van der Waals surface area contributed by atoms with Gasteiger partial charge in [0.15, 0.2) is 0 Å². The molecule has 140 valence electrons. The molecule has 1 aliphatic rings. The minimum absolute atomic E-state index is 0.0167. The van der Waals surface area contributed by atoms with Gasteiger partial charge in [0.05, 0.1) is 0 Å². The third-order valence-corrected chi connectivity index (χ3v) is 5.66. The van der Waals surface area contributed by atoms with Gasteiger partial charge in [-0.2, -0.15) is 0 Å². The van der Waals surface area contributed by atoms with E-state index in [4.69, 9.17) is 0 Å². The zero-order valence-electron chi connectivity index (χ0n) is 15.1. The molecule has 1 unspecified atom stereocenters. The molecule has 1 heterocycles. The van der Waals surface area contributed by atoms with Gasteiger partial charge in [0.25, 0.3) is 0 Å². The molecule has 0 spiro atoms. The fraction of sp³-hybridized carbons (Fsp3) is 0.588. The van der Waals surface area contributed by atoms with E-state index in [0.717, 1.165) is 31.9 Å². The maximum Gasteiger partial charge on any atom is 0.337 e. The van der Waals surface area contributed by atoms with Crippen molar-refractivity contribution < 1.29 is 19.1 Å². The molecule has 3 N–H and O–H groups in total. The number of anilines is 2. The molecule has 1 aliphatic heterocycles. The molecule has 0 saturated carbocycles. The van der Waals surface area contributed by atoms with E-state index in [1.807, 2.05) is 26.0 Å². The first-order valence-electron chi connectivity index (χ1n) is 8.56. The van der Waals surface area contributed by atoms with E-state index in [9.17, 15) is 19.1 Å². The molecule has 8 heteroatoms. The van der Waals surface area contributed by atoms with Crippen LogP contribution in [0.2, 0.25) is 0 Å². The highest BCUT2D eigenvalue weighted by Gasteiger charge is 2.36. The SMILES string of the molecule is CC(C)CC(C(=O)Nc1ccc(N2CCN(C)CC2)cc1)P(=O)(O)O. The molecule has 7 nitrogen and oxygen atoms in total. The number of piperazine rings is 1. The van der Waals surface area contributed by atoms with Gasteiger partial charge in [0.2, 0.25) is 5.91 Å². The highest BCUT2D eigenvalue weighted by Crippen LogP contribution is 2.44. The Morgan fingerprint density at radius 1 is 1.16 bits per heavy atom. The summed E-state index contributed by atoms with van der Waals surface area (Å²) in [4.78, 5) is 35.8. The van der Waals surface area contributed by atoms with E-state index in [-0.39, 0.29) is 12.3 Å². The Kier molecular flexibility index (Phi) is 6.63. The number of nitrogens with zero attached hydrogens (tertiary/aromatic N) is 2. The lowest BCUT2D eigenvalue weighted by atomic mass is 10.1. The van der Waals surface area contributed by atoms with Crippen molar-refractivity contribution in [3.8, 4) is 0 Å². The number of likely N-dealkylation sites (N-methyl/N-ethyl adjacent to an activating group) is 1. The summed E-state index contributed by atoms with van der Waals surface area (Å²) in [6.45, 7) is 7.60. The number of hydrogen-bond donors (Lipinski definition) is 3. The Labute approximate surface area is 149 Å². The molecule has 25 heavy (non-hydrogen) atoms. The van der Waals surface area contributed by atoms with Crippen LogP contribution < -0.4 is 10.2 Å². The number of carbonyl (C=O) groups excluding carboxylic acids is 1. The van der Waals surface area contributed by atoms with Gasteiger partial charge in [-0.3, -0.25) is 9.36 Å². The largest absolute Gasteiger partial charge is 0.369 e. The smallest absolute Gasteiger partial charge is 0.337 e. The summed E-state index contributed by atoms with van der Waals surface area (Å²) in [5.74, 6) is -0.614. The summed E-state index contributed by atoms with van der Waals surface area (Å²) in [5, 5.41) is 2.63. The Bertz CT molecular complexity index is 621. The lowest BCUT2D eigenvalue weighted by molar-refractivity contribution is -0.116. The maximum atomic E-state index is 12.3. The zero-order chi connectivity index (χ0) is 18.6. The Hall–Kier alpha value is -1.40. The van der Waals surface area contributed by atoms with Crippen LogP contribution in [-0.2, 0) is 9.36 Å². The topological polar surface area (TPSA) is 93.1 Å². The van der Waals surface area contributed by atoms with Crippen LogP contribution in [0.15, 0.2) is 24.3 Å². The second kappa shape index (κ2) is 8.32. The minimum atomic E-state index is -4.49. The van der Waals surface area contributed by atoms with Crippen molar-refractivity contribution in [2.24, 2.45) is 5.92 Å². The minimum Gasteiger partial charge on any atom is -0.369 e. The molecular formula is C17H28N3O4P. The molecule has 1 saturated heterocycles. The first kappa shape index (κ1) is 19.9. The zero-order valence-corrected chi connectivity index (χ0v) is 15.9. The van der Waals surface area contributed by atoms with Crippen LogP contribution in [0.25, 0.3) is 0 Å². The highest BCUT2D eigenvalue weighted by molar-refractivity contribution is 7.53. The normalized spacial score (nSPS) is 17.6. The van der Waals surface area contributed by atoms with E-state index >= 15 is 0 Å². The van der Waals surface area contributed by atoms with Crippen LogP contribution in [-0.4, -0.2) is 59.5 Å². The van der Waals surface area contributed by atoms with Crippen molar-refractivity contribution in [3.05, 3.63) is 24.3 Å². The van der Waals surface area contributed by atoms with Crippen molar-refractivity contribution in [3.63, 3.8) is 0 Å². The van der Waals surface area contributed by atoms with Crippen molar-refractivity contribution >= 4 is 24.9 Å². The summed E-state index contributed by atoms with van der Waals surface area (Å²) in [5.41, 5.74) is 0.315. The van der Waals surface area contributed by atoms with Crippen LogP contribution in [0.5, 0.6) is 0 Å². The van der Waals surface area contributed by atoms with E-state index in [1.165, 1.54) is 0 Å². The number of rotatable bonds is 6. The Morgan fingerprint density at radius 2 is 1.72 bits per heavy atom. The number of carbonyl (C=O) groups is 1. The monoisotopic (exact) mass is 369 g/mol. The van der Waals surface area contributed by atoms with Crippen LogP contribution in [0.4, 0.5) is 11.4 Å². The second-order valence-corrected chi connectivity index (χ2v) is 8.86. The van der Waals surface area contributed by atoms with Gasteiger partial charge in [0.1, 0.15) is 5.66 Å². The predicted molar refractivity (Wildman–Crippen MR) is 100 cm³/mol. The highest BCUT2D eigenvalue weighted by atomic mass is 31.2. The standard InChI is InChI=1S/C17H28N3O4P/c1-13(2)12-16(25(22,23)24)17(21)18-14-4-6-15(7-5-14)20-10-8-19(3)9-11-20/h4-7,13,16H,8-12H2,1-3H3,(H,18,21)(H2,22,23,24). The van der Waals surface area contributed by atoms with Gasteiger partial charge >= 0.3 is 7.60 Å². The van der Waals surface area contributed by atoms with Crippen molar-refractivity contribution in [2.75, 3.05) is 43.4 Å². The van der Waals surface area contributed by atoms with Crippen molar-refractivity contribution in [2.45, 2.75) is 25.9 Å². The number of benzene rings is 1. The first-order valence-corrected chi connectivity index (χ1v) is 10.2. The van der Waals surface area contributed by atoms with Crippen LogP contribution in [0, 0.1) is 5.92 Å². The predicted octanol–water partition coefficient (Wildman–Crippen LogP) is 1.97. The van der Waals surface area contributed by atoms with Crippen molar-refractivity contribution in [1.29, 1.82) is 0 Å². The molecule has 2 rings (SSSR count). The number of nitrogens with one attached hydrogen (secondary N) is 1. The van der Waals surface area contributed by atoms with Gasteiger partial charge in [-0.1, -0.05) is 13.8 Å². The molecule has 1 aromatic rings. The van der Waals surface area contributed by atoms with Crippen LogP contribution in [0.1, 0.15) is 20.3 Å². The summed E-state index contributed by atoms with van der Waals surface area (Å²) in [6, 6.07) is 7.40. The van der Waals surface area contributed by atoms with Gasteiger partial charge in [-0.05, 0) is 43.7 Å². The fourth-order valence-electron chi connectivity index (χ4n) is 2.89. The maximum absolute atomic E-state index is 12.3. The van der Waals surface area contributed by atoms with E-state index in [1.54, 1.807) is 12.1 Å². The van der Waals surface area contributed by atoms with Gasteiger partial charge in [-0.15, -0.1) is 0 Å². The molecule has 1 atom stereocenters. The van der Waals surface area contributed by atoms with Gasteiger partial charge < -0.3 is 24.9 Å². The summed E-state index contributed by atoms with van der Waals surface area (Å²) >= 11 is 0. The molecule has 0 aliphatic carbocycles. The third kappa shape index (κ3) is 5.82. The van der Waals surface area contributed by atoms with E-state index in [2.05, 4.69) is 22.2 Å². The lowest BCUT2D eigenvalue weighted by Crippen LogP contribution is -2.44. The molecule has 0 radical (unpaired) electrons. The molecule has 0 bridgehead atoms. The number of amides is 1. The van der Waals surface area contributed by atoms with Crippen LogP contribution in [0.3, 0.4) is 0 Å². The molecule has 1 fully saturated rings. The molecule has 1 aromatic carbocycles. The summed E-state index contributed by atoms with van der Waals surface area (Å²) in [7, 11) is -2.38. The average molecular weight is 369 g/mol. The average Bonchev–Trinajstić information content (AvgIpc) is 2.53. The fourth-order valence-corrected chi connectivity index (χ4v) is 3.96. The Morgan fingerprint density at radius 3 is 2.20 bits per heavy atom.